The molecule has 0 aliphatic heterocycles. The number of aromatic amines is 1. The first-order valence-corrected chi connectivity index (χ1v) is 7.39. The number of amides is 2. The highest BCUT2D eigenvalue weighted by Crippen LogP contribution is 2.29. The largest absolute Gasteiger partial charge is 0.354 e. The predicted molar refractivity (Wildman–Crippen MR) is 91.7 cm³/mol. The summed E-state index contributed by atoms with van der Waals surface area (Å²) < 4.78 is 1.01. The minimum atomic E-state index is -0.693. The highest BCUT2D eigenvalue weighted by atomic mass is 79.9. The Morgan fingerprint density at radius 2 is 1.91 bits per heavy atom. The van der Waals surface area contributed by atoms with Gasteiger partial charge in [-0.25, -0.2) is 10.2 Å². The van der Waals surface area contributed by atoms with E-state index in [4.69, 9.17) is 5.73 Å². The van der Waals surface area contributed by atoms with Gasteiger partial charge in [-0.3, -0.25) is 0 Å². The van der Waals surface area contributed by atoms with Crippen molar-refractivity contribution in [3.63, 3.8) is 0 Å². The molecule has 0 aliphatic rings. The minimum Gasteiger partial charge on any atom is -0.354 e. The van der Waals surface area contributed by atoms with Crippen LogP contribution in [0.25, 0.3) is 22.2 Å². The predicted octanol–water partition coefficient (Wildman–Crippen LogP) is 3.60. The van der Waals surface area contributed by atoms with E-state index < -0.39 is 6.03 Å². The molecule has 110 valence electrons. The van der Waals surface area contributed by atoms with Gasteiger partial charge in [-0.1, -0.05) is 46.3 Å². The summed E-state index contributed by atoms with van der Waals surface area (Å²) in [6.07, 6.45) is 1.60. The van der Waals surface area contributed by atoms with Gasteiger partial charge in [0.1, 0.15) is 0 Å². The van der Waals surface area contributed by atoms with Gasteiger partial charge in [0.2, 0.25) is 0 Å². The number of carbonyl (C=O) groups excluding carboxylic acids is 1. The van der Waals surface area contributed by atoms with E-state index in [9.17, 15) is 4.79 Å². The molecule has 5 nitrogen and oxygen atoms in total. The number of aromatic nitrogens is 1. The van der Waals surface area contributed by atoms with Crippen LogP contribution in [0.1, 0.15) is 5.56 Å². The summed E-state index contributed by atoms with van der Waals surface area (Å²) in [6.45, 7) is 0. The lowest BCUT2D eigenvalue weighted by atomic mass is 10.1. The number of carbonyl (C=O) groups is 1. The third-order valence-electron chi connectivity index (χ3n) is 3.25. The fourth-order valence-corrected chi connectivity index (χ4v) is 2.57. The number of halogens is 1. The van der Waals surface area contributed by atoms with Gasteiger partial charge in [-0.15, -0.1) is 0 Å². The molecule has 4 N–H and O–H groups in total. The maximum Gasteiger partial charge on any atom is 0.332 e. The number of benzene rings is 2. The van der Waals surface area contributed by atoms with Crippen molar-refractivity contribution in [3.8, 4) is 11.3 Å². The quantitative estimate of drug-likeness (QED) is 0.486. The third kappa shape index (κ3) is 2.87. The Kier molecular flexibility index (Phi) is 3.93. The van der Waals surface area contributed by atoms with Crippen molar-refractivity contribution in [2.45, 2.75) is 0 Å². The molecule has 3 rings (SSSR count). The molecule has 1 heterocycles. The Hall–Kier alpha value is -2.60. The zero-order valence-electron chi connectivity index (χ0n) is 11.5. The summed E-state index contributed by atoms with van der Waals surface area (Å²) in [4.78, 5) is 14.2. The van der Waals surface area contributed by atoms with Gasteiger partial charge < -0.3 is 10.7 Å². The second kappa shape index (κ2) is 6.03. The molecular formula is C16H13BrN4O. The summed E-state index contributed by atoms with van der Waals surface area (Å²) in [5.41, 5.74) is 11.1. The normalized spacial score (nSPS) is 11.1. The summed E-state index contributed by atoms with van der Waals surface area (Å²) in [6, 6.07) is 15.2. The molecule has 3 aromatic rings. The molecule has 2 aromatic carbocycles. The smallest absolute Gasteiger partial charge is 0.332 e. The minimum absolute atomic E-state index is 0.693. The third-order valence-corrected chi connectivity index (χ3v) is 3.78. The summed E-state index contributed by atoms with van der Waals surface area (Å²) in [5.74, 6) is 0. The average molecular weight is 357 g/mol. The first kappa shape index (κ1) is 14.3. The number of hydrogen-bond donors (Lipinski definition) is 3. The first-order chi connectivity index (χ1) is 10.6. The Bertz CT molecular complexity index is 852. The van der Waals surface area contributed by atoms with E-state index in [-0.39, 0.29) is 0 Å². The Morgan fingerprint density at radius 3 is 2.64 bits per heavy atom. The first-order valence-electron chi connectivity index (χ1n) is 6.60. The molecule has 0 saturated heterocycles. The van der Waals surface area contributed by atoms with Gasteiger partial charge in [0.25, 0.3) is 0 Å². The Balaban J connectivity index is 2.13. The number of para-hydroxylation sites is 1. The van der Waals surface area contributed by atoms with Gasteiger partial charge >= 0.3 is 6.03 Å². The molecule has 22 heavy (non-hydrogen) atoms. The molecule has 0 fully saturated rings. The monoisotopic (exact) mass is 356 g/mol. The van der Waals surface area contributed by atoms with Gasteiger partial charge in [0.05, 0.1) is 11.9 Å². The number of nitrogens with one attached hydrogen (secondary N) is 2. The topological polar surface area (TPSA) is 83.3 Å². The lowest BCUT2D eigenvalue weighted by molar-refractivity contribution is 0.249. The number of hydrogen-bond acceptors (Lipinski definition) is 2. The Labute approximate surface area is 135 Å². The highest BCUT2D eigenvalue weighted by molar-refractivity contribution is 9.10. The van der Waals surface area contributed by atoms with Gasteiger partial charge in [-0.2, -0.15) is 5.10 Å². The molecule has 0 radical (unpaired) electrons. The van der Waals surface area contributed by atoms with Crippen molar-refractivity contribution >= 4 is 39.1 Å². The summed E-state index contributed by atoms with van der Waals surface area (Å²) in [5, 5.41) is 4.91. The van der Waals surface area contributed by atoms with E-state index in [0.29, 0.717) is 0 Å². The molecule has 0 saturated carbocycles. The van der Waals surface area contributed by atoms with E-state index in [0.717, 1.165) is 32.2 Å². The fourth-order valence-electron chi connectivity index (χ4n) is 2.30. The van der Waals surface area contributed by atoms with Crippen LogP contribution < -0.4 is 11.2 Å². The van der Waals surface area contributed by atoms with Crippen LogP contribution in [0.3, 0.4) is 0 Å². The van der Waals surface area contributed by atoms with Crippen molar-refractivity contribution < 1.29 is 4.79 Å². The fraction of sp³-hybridized carbons (Fsp3) is 0. The van der Waals surface area contributed by atoms with Crippen molar-refractivity contribution in [1.29, 1.82) is 0 Å². The maximum atomic E-state index is 10.8. The zero-order valence-corrected chi connectivity index (χ0v) is 13.1. The lowest BCUT2D eigenvalue weighted by Gasteiger charge is -2.01. The standard InChI is InChI=1S/C16H13BrN4O/c17-11-7-5-10(6-8-11)15-13(9-19-21-16(18)22)12-3-1-2-4-14(12)20-15/h1-9,20H,(H3,18,21,22). The van der Waals surface area contributed by atoms with Gasteiger partial charge in [0.15, 0.2) is 0 Å². The number of nitrogens with two attached hydrogens (primary N) is 1. The van der Waals surface area contributed by atoms with E-state index >= 15 is 0 Å². The molecule has 0 unspecified atom stereocenters. The average Bonchev–Trinajstić information content (AvgIpc) is 2.87. The zero-order chi connectivity index (χ0) is 15.5. The van der Waals surface area contributed by atoms with Crippen LogP contribution in [0.4, 0.5) is 4.79 Å². The molecule has 0 atom stereocenters. The van der Waals surface area contributed by atoms with Crippen molar-refractivity contribution in [2.75, 3.05) is 0 Å². The maximum absolute atomic E-state index is 10.8. The van der Waals surface area contributed by atoms with Crippen LogP contribution in [0, 0.1) is 0 Å². The van der Waals surface area contributed by atoms with Crippen molar-refractivity contribution in [3.05, 3.63) is 58.6 Å². The van der Waals surface area contributed by atoms with Crippen LogP contribution in [-0.4, -0.2) is 17.2 Å². The number of H-pyrrole nitrogens is 1. The van der Waals surface area contributed by atoms with Crippen LogP contribution in [0.15, 0.2) is 58.1 Å². The van der Waals surface area contributed by atoms with Crippen LogP contribution in [0.5, 0.6) is 0 Å². The summed E-state index contributed by atoms with van der Waals surface area (Å²) >= 11 is 3.43. The SMILES string of the molecule is NC(=O)NN=Cc1c(-c2ccc(Br)cc2)[nH]c2ccccc12. The van der Waals surface area contributed by atoms with Crippen molar-refractivity contribution in [1.82, 2.24) is 10.4 Å². The van der Waals surface area contributed by atoms with E-state index in [2.05, 4.69) is 31.4 Å². The molecule has 0 spiro atoms. The van der Waals surface area contributed by atoms with E-state index in [1.165, 1.54) is 0 Å². The number of hydrazone groups is 1. The molecular weight excluding hydrogens is 344 g/mol. The second-order valence-electron chi connectivity index (χ2n) is 4.70. The van der Waals surface area contributed by atoms with E-state index in [1.54, 1.807) is 6.21 Å². The van der Waals surface area contributed by atoms with Crippen LogP contribution >= 0.6 is 15.9 Å². The Morgan fingerprint density at radius 1 is 1.18 bits per heavy atom. The van der Waals surface area contributed by atoms with Crippen LogP contribution in [-0.2, 0) is 0 Å². The second-order valence-corrected chi connectivity index (χ2v) is 5.62. The number of rotatable bonds is 3. The lowest BCUT2D eigenvalue weighted by Crippen LogP contribution is -2.24. The van der Waals surface area contributed by atoms with Crippen molar-refractivity contribution in [2.24, 2.45) is 10.8 Å². The number of urea groups is 1. The van der Waals surface area contributed by atoms with Crippen LogP contribution in [0.2, 0.25) is 0 Å². The highest BCUT2D eigenvalue weighted by Gasteiger charge is 2.11. The molecule has 0 bridgehead atoms. The molecule has 1 aromatic heterocycles. The number of fused-ring (bicyclic) bond motifs is 1. The molecule has 6 heteroatoms. The number of primary amides is 1. The summed E-state index contributed by atoms with van der Waals surface area (Å²) in [7, 11) is 0. The van der Waals surface area contributed by atoms with Gasteiger partial charge in [-0.05, 0) is 23.8 Å². The number of nitrogens with zero attached hydrogens (tertiary/aromatic N) is 1. The molecule has 0 aliphatic carbocycles. The van der Waals surface area contributed by atoms with Gasteiger partial charge in [0, 0.05) is 20.9 Å². The van der Waals surface area contributed by atoms with E-state index in [1.807, 2.05) is 48.5 Å². The molecule has 2 amide bonds.